The van der Waals surface area contributed by atoms with Crippen LogP contribution in [-0.4, -0.2) is 12.2 Å². The number of benzene rings is 1. The Morgan fingerprint density at radius 3 is 2.61 bits per heavy atom. The zero-order valence-corrected chi connectivity index (χ0v) is 12.5. The summed E-state index contributed by atoms with van der Waals surface area (Å²) in [5.41, 5.74) is 1.000. The Kier molecular flexibility index (Phi) is 4.09. The zero-order valence-electron chi connectivity index (χ0n) is 9.28. The fourth-order valence-corrected chi connectivity index (χ4v) is 2.42. The average molecular weight is 380 g/mol. The number of halogens is 3. The molecule has 6 heteroatoms. The summed E-state index contributed by atoms with van der Waals surface area (Å²) in [5.74, 6) is -0.176. The van der Waals surface area contributed by atoms with Gasteiger partial charge < -0.3 is 14.3 Å². The van der Waals surface area contributed by atoms with Crippen LogP contribution in [0, 0.1) is 5.82 Å². The van der Waals surface area contributed by atoms with E-state index in [1.165, 1.54) is 25.5 Å². The number of ether oxygens (including phenoxy) is 1. The Balaban J connectivity index is 2.50. The summed E-state index contributed by atoms with van der Waals surface area (Å²) in [6.45, 7) is 0. The lowest BCUT2D eigenvalue weighted by Gasteiger charge is -2.15. The van der Waals surface area contributed by atoms with Gasteiger partial charge in [0.1, 0.15) is 17.7 Å². The first-order valence-corrected chi connectivity index (χ1v) is 6.57. The molecule has 1 aromatic heterocycles. The molecule has 0 fully saturated rings. The van der Waals surface area contributed by atoms with Crippen LogP contribution in [0.1, 0.15) is 17.2 Å². The maximum absolute atomic E-state index is 13.4. The van der Waals surface area contributed by atoms with Gasteiger partial charge in [-0.2, -0.15) is 0 Å². The van der Waals surface area contributed by atoms with Crippen LogP contribution in [0.5, 0.6) is 5.75 Å². The van der Waals surface area contributed by atoms with Gasteiger partial charge in [0.15, 0.2) is 4.67 Å². The summed E-state index contributed by atoms with van der Waals surface area (Å²) in [4.78, 5) is 0. The topological polar surface area (TPSA) is 42.6 Å². The molecule has 0 amide bonds. The lowest BCUT2D eigenvalue weighted by Crippen LogP contribution is -2.03. The second-order valence-electron chi connectivity index (χ2n) is 3.56. The van der Waals surface area contributed by atoms with Gasteiger partial charge in [-0.05, 0) is 44.0 Å². The first-order valence-electron chi connectivity index (χ1n) is 4.98. The normalized spacial score (nSPS) is 12.5. The third kappa shape index (κ3) is 2.46. The first kappa shape index (κ1) is 13.6. The summed E-state index contributed by atoms with van der Waals surface area (Å²) < 4.78 is 24.2. The van der Waals surface area contributed by atoms with Gasteiger partial charge in [-0.15, -0.1) is 0 Å². The van der Waals surface area contributed by atoms with Crippen LogP contribution in [0.25, 0.3) is 0 Å². The maximum atomic E-state index is 13.4. The minimum absolute atomic E-state index is 0.261. The van der Waals surface area contributed by atoms with E-state index in [9.17, 15) is 9.50 Å². The second-order valence-corrected chi connectivity index (χ2v) is 5.14. The minimum Gasteiger partial charge on any atom is -0.496 e. The molecule has 3 nitrogen and oxygen atoms in total. The summed E-state index contributed by atoms with van der Waals surface area (Å²) >= 11 is 6.27. The van der Waals surface area contributed by atoms with Gasteiger partial charge in [0, 0.05) is 17.2 Å². The van der Waals surface area contributed by atoms with Gasteiger partial charge in [0.05, 0.1) is 17.8 Å². The highest BCUT2D eigenvalue weighted by Gasteiger charge is 2.21. The summed E-state index contributed by atoms with van der Waals surface area (Å²) in [6.07, 6.45) is 0.484. The number of furan rings is 1. The number of rotatable bonds is 3. The zero-order chi connectivity index (χ0) is 13.3. The average Bonchev–Trinajstić information content (AvgIpc) is 2.77. The number of hydrogen-bond acceptors (Lipinski definition) is 3. The van der Waals surface area contributed by atoms with Crippen molar-refractivity contribution in [2.24, 2.45) is 0 Å². The molecule has 0 radical (unpaired) electrons. The van der Waals surface area contributed by atoms with Gasteiger partial charge >= 0.3 is 0 Å². The molecule has 0 spiro atoms. The van der Waals surface area contributed by atoms with E-state index in [1.807, 2.05) is 0 Å². The molecule has 18 heavy (non-hydrogen) atoms. The van der Waals surface area contributed by atoms with Crippen molar-refractivity contribution in [3.63, 3.8) is 0 Å². The summed E-state index contributed by atoms with van der Waals surface area (Å²) in [7, 11) is 1.42. The highest BCUT2D eigenvalue weighted by atomic mass is 79.9. The van der Waals surface area contributed by atoms with E-state index in [2.05, 4.69) is 31.9 Å². The monoisotopic (exact) mass is 378 g/mol. The SMILES string of the molecule is COc1cc(F)c(Br)cc1C(O)c1ccoc1Br. The molecule has 0 aliphatic heterocycles. The van der Waals surface area contributed by atoms with E-state index in [0.717, 1.165) is 0 Å². The van der Waals surface area contributed by atoms with Gasteiger partial charge in [-0.1, -0.05) is 0 Å². The summed E-state index contributed by atoms with van der Waals surface area (Å²) in [6, 6.07) is 4.33. The van der Waals surface area contributed by atoms with E-state index in [0.29, 0.717) is 15.8 Å². The molecule has 0 aliphatic carbocycles. The molecular weight excluding hydrogens is 371 g/mol. The number of aliphatic hydroxyl groups excluding tert-OH is 1. The van der Waals surface area contributed by atoms with Gasteiger partial charge in [0.25, 0.3) is 0 Å². The van der Waals surface area contributed by atoms with Crippen LogP contribution in [0.2, 0.25) is 0 Å². The molecule has 2 aromatic rings. The molecule has 0 aliphatic rings. The van der Waals surface area contributed by atoms with Gasteiger partial charge in [-0.25, -0.2) is 4.39 Å². The molecule has 1 atom stereocenters. The highest BCUT2D eigenvalue weighted by Crippen LogP contribution is 2.36. The molecule has 1 aromatic carbocycles. The lowest BCUT2D eigenvalue weighted by molar-refractivity contribution is 0.212. The Morgan fingerprint density at radius 2 is 2.06 bits per heavy atom. The van der Waals surface area contributed by atoms with Gasteiger partial charge in [0.2, 0.25) is 0 Å². The number of hydrogen-bond donors (Lipinski definition) is 1. The standard InChI is InChI=1S/C12H9Br2FO3/c1-17-10-5-9(15)8(13)4-7(10)11(16)6-2-3-18-12(6)14/h2-5,11,16H,1H3. The van der Waals surface area contributed by atoms with Crippen molar-refractivity contribution in [2.75, 3.05) is 7.11 Å². The van der Waals surface area contributed by atoms with Crippen molar-refractivity contribution in [3.05, 3.63) is 50.5 Å². The van der Waals surface area contributed by atoms with Crippen LogP contribution in [0.3, 0.4) is 0 Å². The van der Waals surface area contributed by atoms with Crippen LogP contribution in [-0.2, 0) is 0 Å². The predicted octanol–water partition coefficient (Wildman–Crippen LogP) is 4.03. The Morgan fingerprint density at radius 1 is 1.33 bits per heavy atom. The molecule has 2 rings (SSSR count). The smallest absolute Gasteiger partial charge is 0.175 e. The first-order chi connectivity index (χ1) is 8.54. The Labute approximate surface area is 120 Å². The Hall–Kier alpha value is -0.850. The van der Waals surface area contributed by atoms with Crippen molar-refractivity contribution in [1.29, 1.82) is 0 Å². The van der Waals surface area contributed by atoms with Crippen LogP contribution in [0.4, 0.5) is 4.39 Å². The van der Waals surface area contributed by atoms with Crippen LogP contribution < -0.4 is 4.74 Å². The maximum Gasteiger partial charge on any atom is 0.175 e. The van der Waals surface area contributed by atoms with E-state index in [4.69, 9.17) is 9.15 Å². The van der Waals surface area contributed by atoms with Crippen molar-refractivity contribution in [3.8, 4) is 5.75 Å². The third-order valence-corrected chi connectivity index (χ3v) is 3.76. The number of aliphatic hydroxyl groups is 1. The van der Waals surface area contributed by atoms with Crippen molar-refractivity contribution >= 4 is 31.9 Å². The summed E-state index contributed by atoms with van der Waals surface area (Å²) in [5, 5.41) is 10.3. The molecule has 1 unspecified atom stereocenters. The van der Waals surface area contributed by atoms with Crippen LogP contribution >= 0.6 is 31.9 Å². The fraction of sp³-hybridized carbons (Fsp3) is 0.167. The molecular formula is C12H9Br2FO3. The minimum atomic E-state index is -0.968. The molecule has 0 bridgehead atoms. The quantitative estimate of drug-likeness (QED) is 0.875. The molecule has 0 saturated carbocycles. The predicted molar refractivity (Wildman–Crippen MR) is 71.1 cm³/mol. The molecule has 0 saturated heterocycles. The molecule has 1 heterocycles. The van der Waals surface area contributed by atoms with E-state index >= 15 is 0 Å². The lowest BCUT2D eigenvalue weighted by atomic mass is 10.0. The Bertz CT molecular complexity index is 568. The largest absolute Gasteiger partial charge is 0.496 e. The van der Waals surface area contributed by atoms with Crippen molar-refractivity contribution in [2.45, 2.75) is 6.10 Å². The number of methoxy groups -OCH3 is 1. The van der Waals surface area contributed by atoms with Crippen LogP contribution in [0.15, 0.2) is 38.0 Å². The van der Waals surface area contributed by atoms with E-state index in [1.54, 1.807) is 6.07 Å². The van der Waals surface area contributed by atoms with E-state index in [-0.39, 0.29) is 10.2 Å². The molecule has 1 N–H and O–H groups in total. The van der Waals surface area contributed by atoms with Crippen molar-refractivity contribution < 1.29 is 18.7 Å². The van der Waals surface area contributed by atoms with Crippen molar-refractivity contribution in [1.82, 2.24) is 0 Å². The fourth-order valence-electron chi connectivity index (χ4n) is 1.60. The third-order valence-electron chi connectivity index (χ3n) is 2.51. The second kappa shape index (κ2) is 5.42. The highest BCUT2D eigenvalue weighted by molar-refractivity contribution is 9.10. The van der Waals surface area contributed by atoms with Gasteiger partial charge in [-0.3, -0.25) is 0 Å². The molecule has 96 valence electrons. The van der Waals surface area contributed by atoms with E-state index < -0.39 is 11.9 Å².